The van der Waals surface area contributed by atoms with E-state index in [4.69, 9.17) is 9.63 Å². The lowest BCUT2D eigenvalue weighted by molar-refractivity contribution is 0.474. The quantitative estimate of drug-likeness (QED) is 0.691. The third-order valence-electron chi connectivity index (χ3n) is 1.06. The van der Waals surface area contributed by atoms with E-state index >= 15 is 0 Å². The first-order valence-corrected chi connectivity index (χ1v) is 3.84. The van der Waals surface area contributed by atoms with Crippen molar-refractivity contribution in [3.05, 3.63) is 24.3 Å². The third-order valence-corrected chi connectivity index (χ3v) is 1.52. The van der Waals surface area contributed by atoms with Crippen LogP contribution >= 0.6 is 8.60 Å². The van der Waals surface area contributed by atoms with Crippen LogP contribution in [0.15, 0.2) is 29.0 Å². The van der Waals surface area contributed by atoms with E-state index in [-0.39, 0.29) is 5.75 Å². The fourth-order valence-corrected chi connectivity index (χ4v) is 0.893. The van der Waals surface area contributed by atoms with Crippen LogP contribution in [0.4, 0.5) is 0 Å². The molecule has 3 nitrogen and oxygen atoms in total. The van der Waals surface area contributed by atoms with E-state index in [9.17, 15) is 0 Å². The maximum atomic E-state index is 8.90. The molecule has 0 unspecified atom stereocenters. The second kappa shape index (κ2) is 3.94. The highest BCUT2D eigenvalue weighted by atomic mass is 31.1. The van der Waals surface area contributed by atoms with E-state index in [1.807, 2.05) is 0 Å². The average molecular weight is 169 g/mol. The molecule has 0 aliphatic carbocycles. The molecule has 58 valence electrons. The second-order valence-corrected chi connectivity index (χ2v) is 2.61. The number of nitrogens with zero attached hydrogens (tertiary/aromatic N) is 1. The number of hydrogen-bond donors (Lipinski definition) is 1. The zero-order chi connectivity index (χ0) is 8.10. The molecule has 0 aliphatic rings. The molecule has 0 saturated carbocycles. The molecule has 1 aromatic rings. The number of rotatable bonds is 2. The van der Waals surface area contributed by atoms with Gasteiger partial charge in [-0.1, -0.05) is 0 Å². The molecule has 0 fully saturated rings. The second-order valence-electron chi connectivity index (χ2n) is 1.87. The Balaban J connectivity index is 2.66. The highest BCUT2D eigenvalue weighted by molar-refractivity contribution is 7.21. The first-order valence-electron chi connectivity index (χ1n) is 3.08. The van der Waals surface area contributed by atoms with Gasteiger partial charge in [-0.3, -0.25) is 0 Å². The molecule has 0 atom stereocenters. The van der Waals surface area contributed by atoms with Crippen LogP contribution in [-0.2, 0) is 0 Å². The maximum absolute atomic E-state index is 8.90. The van der Waals surface area contributed by atoms with Crippen LogP contribution in [-0.4, -0.2) is 12.2 Å². The molecule has 1 aromatic carbocycles. The molecular weight excluding hydrogens is 161 g/mol. The lowest BCUT2D eigenvalue weighted by atomic mass is 10.3. The summed E-state index contributed by atoms with van der Waals surface area (Å²) in [6.07, 6.45) is 0. The first-order chi connectivity index (χ1) is 5.33. The van der Waals surface area contributed by atoms with Crippen LogP contribution in [0.1, 0.15) is 0 Å². The molecule has 0 spiro atoms. The SMILES string of the molecule is CN=POc1ccc(O)cc1. The van der Waals surface area contributed by atoms with Gasteiger partial charge in [-0.15, -0.1) is 0 Å². The van der Waals surface area contributed by atoms with Crippen LogP contribution in [0.3, 0.4) is 0 Å². The highest BCUT2D eigenvalue weighted by Gasteiger charge is 1.90. The molecule has 0 amide bonds. The Morgan fingerprint density at radius 1 is 1.36 bits per heavy atom. The predicted molar refractivity (Wildman–Crippen MR) is 44.0 cm³/mol. The monoisotopic (exact) mass is 169 g/mol. The van der Waals surface area contributed by atoms with Gasteiger partial charge in [0.25, 0.3) is 0 Å². The third kappa shape index (κ3) is 2.56. The van der Waals surface area contributed by atoms with E-state index in [1.54, 1.807) is 31.3 Å². The minimum atomic E-state index is 0.238. The molecule has 0 aromatic heterocycles. The van der Waals surface area contributed by atoms with Crippen molar-refractivity contribution in [1.29, 1.82) is 0 Å². The van der Waals surface area contributed by atoms with Gasteiger partial charge in [0, 0.05) is 7.05 Å². The smallest absolute Gasteiger partial charge is 0.241 e. The van der Waals surface area contributed by atoms with Crippen molar-refractivity contribution in [2.45, 2.75) is 0 Å². The molecule has 4 heteroatoms. The zero-order valence-corrected chi connectivity index (χ0v) is 6.95. The number of aromatic hydroxyl groups is 1. The fourth-order valence-electron chi connectivity index (χ4n) is 0.595. The topological polar surface area (TPSA) is 41.8 Å². The summed E-state index contributed by atoms with van der Waals surface area (Å²) in [5.41, 5.74) is 0. The van der Waals surface area contributed by atoms with Gasteiger partial charge < -0.3 is 9.63 Å². The molecule has 1 rings (SSSR count). The van der Waals surface area contributed by atoms with Crippen molar-refractivity contribution >= 4 is 8.60 Å². The number of hydrogen-bond acceptors (Lipinski definition) is 3. The lowest BCUT2D eigenvalue weighted by Crippen LogP contribution is -1.72. The number of phenolic OH excluding ortho intramolecular Hbond substituents is 1. The van der Waals surface area contributed by atoms with Gasteiger partial charge in [0.1, 0.15) is 11.5 Å². The summed E-state index contributed by atoms with van der Waals surface area (Å²) in [5, 5.41) is 8.90. The van der Waals surface area contributed by atoms with E-state index in [0.29, 0.717) is 14.3 Å². The molecule has 0 radical (unpaired) electrons. The average Bonchev–Trinajstić information content (AvgIpc) is 2.04. The van der Waals surface area contributed by atoms with Crippen molar-refractivity contribution in [3.8, 4) is 11.5 Å². The van der Waals surface area contributed by atoms with Crippen LogP contribution in [0.2, 0.25) is 0 Å². The fraction of sp³-hybridized carbons (Fsp3) is 0.143. The van der Waals surface area contributed by atoms with Crippen LogP contribution in [0, 0.1) is 0 Å². The van der Waals surface area contributed by atoms with Gasteiger partial charge in [-0.2, -0.15) is 0 Å². The van der Waals surface area contributed by atoms with Gasteiger partial charge in [0.05, 0.1) is 0 Å². The highest BCUT2D eigenvalue weighted by Crippen LogP contribution is 2.19. The summed E-state index contributed by atoms with van der Waals surface area (Å²) in [7, 11) is 2.24. The Hall–Kier alpha value is -1.08. The van der Waals surface area contributed by atoms with Crippen molar-refractivity contribution in [2.75, 3.05) is 7.05 Å². The van der Waals surface area contributed by atoms with Crippen LogP contribution in [0.5, 0.6) is 11.5 Å². The Morgan fingerprint density at radius 3 is 2.55 bits per heavy atom. The molecule has 11 heavy (non-hydrogen) atoms. The molecule has 0 aliphatic heterocycles. The normalized spacial score (nSPS) is 10.3. The van der Waals surface area contributed by atoms with E-state index in [0.717, 1.165) is 0 Å². The van der Waals surface area contributed by atoms with Crippen LogP contribution < -0.4 is 4.52 Å². The van der Waals surface area contributed by atoms with E-state index in [2.05, 4.69) is 4.74 Å². The largest absolute Gasteiger partial charge is 0.508 e. The summed E-state index contributed by atoms with van der Waals surface area (Å²) in [6.45, 7) is 0. The van der Waals surface area contributed by atoms with Crippen LogP contribution in [0.25, 0.3) is 0 Å². The summed E-state index contributed by atoms with van der Waals surface area (Å²) in [6, 6.07) is 6.52. The standard InChI is InChI=1S/C7H8NO2P/c1-8-11-10-7-4-2-6(9)3-5-7/h2-5,9H,1H3. The van der Waals surface area contributed by atoms with Crippen molar-refractivity contribution in [1.82, 2.24) is 0 Å². The van der Waals surface area contributed by atoms with E-state index < -0.39 is 0 Å². The predicted octanol–water partition coefficient (Wildman–Crippen LogP) is 2.45. The lowest BCUT2D eigenvalue weighted by Gasteiger charge is -1.95. The van der Waals surface area contributed by atoms with Gasteiger partial charge >= 0.3 is 0 Å². The number of phenols is 1. The first kappa shape index (κ1) is 8.02. The molecule has 0 bridgehead atoms. The summed E-state index contributed by atoms with van der Waals surface area (Å²) < 4.78 is 8.85. The Morgan fingerprint density at radius 2 is 2.00 bits per heavy atom. The van der Waals surface area contributed by atoms with Gasteiger partial charge in [-0.05, 0) is 24.3 Å². The Bertz CT molecular complexity index is 245. The molecule has 1 N–H and O–H groups in total. The minimum absolute atomic E-state index is 0.238. The summed E-state index contributed by atoms with van der Waals surface area (Å²) >= 11 is 0. The summed E-state index contributed by atoms with van der Waals surface area (Å²) in [5.74, 6) is 0.942. The maximum Gasteiger partial charge on any atom is 0.241 e. The van der Waals surface area contributed by atoms with Gasteiger partial charge in [0.15, 0.2) is 0 Å². The zero-order valence-electron chi connectivity index (χ0n) is 6.06. The Kier molecular flexibility index (Phi) is 2.87. The minimum Gasteiger partial charge on any atom is -0.508 e. The van der Waals surface area contributed by atoms with Crippen molar-refractivity contribution < 1.29 is 9.63 Å². The molecular formula is C7H8NO2P. The van der Waals surface area contributed by atoms with Crippen molar-refractivity contribution in [3.63, 3.8) is 0 Å². The molecule has 0 heterocycles. The van der Waals surface area contributed by atoms with Crippen molar-refractivity contribution in [2.24, 2.45) is 4.74 Å². The number of benzene rings is 1. The Labute approximate surface area is 66.6 Å². The molecule has 0 saturated heterocycles. The van der Waals surface area contributed by atoms with Gasteiger partial charge in [0.2, 0.25) is 8.60 Å². The van der Waals surface area contributed by atoms with E-state index in [1.165, 1.54) is 0 Å². The summed E-state index contributed by atoms with van der Waals surface area (Å²) in [4.78, 5) is 0. The van der Waals surface area contributed by atoms with Gasteiger partial charge in [-0.25, -0.2) is 4.74 Å².